The molecule has 0 atom stereocenters. The summed E-state index contributed by atoms with van der Waals surface area (Å²) in [5.74, 6) is 0.245. The number of phenols is 1. The monoisotopic (exact) mass is 332 g/mol. The molecule has 2 N–H and O–H groups in total. The highest BCUT2D eigenvalue weighted by atomic mass is 32.1. The van der Waals surface area contributed by atoms with Gasteiger partial charge in [0, 0.05) is 5.56 Å². The van der Waals surface area contributed by atoms with Crippen LogP contribution in [0.15, 0.2) is 71.0 Å². The Bertz CT molecular complexity index is 956. The first-order valence-corrected chi connectivity index (χ1v) is 8.59. The number of hydrogen-bond acceptors (Lipinski definition) is 4. The average Bonchev–Trinajstić information content (AvgIpc) is 3.03. The molecule has 2 heterocycles. The molecule has 3 aromatic rings. The molecule has 2 aromatic carbocycles. The van der Waals surface area contributed by atoms with Gasteiger partial charge < -0.3 is 10.4 Å². The van der Waals surface area contributed by atoms with E-state index in [9.17, 15) is 5.11 Å². The maximum Gasteiger partial charge on any atom is 0.125 e. The molecule has 24 heavy (non-hydrogen) atoms. The summed E-state index contributed by atoms with van der Waals surface area (Å²) in [5, 5.41) is 15.9. The van der Waals surface area contributed by atoms with Crippen LogP contribution in [0.5, 0.6) is 5.75 Å². The van der Waals surface area contributed by atoms with E-state index in [1.54, 1.807) is 17.4 Å². The second-order valence-electron chi connectivity index (χ2n) is 5.70. The molecule has 0 radical (unpaired) electrons. The van der Waals surface area contributed by atoms with Crippen molar-refractivity contribution in [1.29, 1.82) is 0 Å². The van der Waals surface area contributed by atoms with Gasteiger partial charge in [-0.05, 0) is 54.3 Å². The third-order valence-corrected chi connectivity index (χ3v) is 4.81. The topological polar surface area (TPSA) is 44.6 Å². The van der Waals surface area contributed by atoms with E-state index in [1.807, 2.05) is 55.5 Å². The van der Waals surface area contributed by atoms with Gasteiger partial charge in [0.1, 0.15) is 5.75 Å². The molecule has 1 aliphatic rings. The Morgan fingerprint density at radius 3 is 2.71 bits per heavy atom. The lowest BCUT2D eigenvalue weighted by Gasteiger charge is -2.09. The van der Waals surface area contributed by atoms with Crippen molar-refractivity contribution in [3.05, 3.63) is 82.1 Å². The van der Waals surface area contributed by atoms with Crippen LogP contribution < -0.4 is 5.32 Å². The van der Waals surface area contributed by atoms with Gasteiger partial charge in [-0.3, -0.25) is 0 Å². The summed E-state index contributed by atoms with van der Waals surface area (Å²) in [6, 6.07) is 17.7. The van der Waals surface area contributed by atoms with E-state index in [0.717, 1.165) is 38.8 Å². The standard InChI is InChI=1S/C20H16N2OS/c1-13-8-9-14(19(23)11-13)17-12-18(20-7-4-10-24-20)22-16-6-3-2-5-15(16)21-17/h2-12,22-23H,1H3. The first-order valence-electron chi connectivity index (χ1n) is 7.71. The van der Waals surface area contributed by atoms with Crippen molar-refractivity contribution in [2.75, 3.05) is 5.32 Å². The number of para-hydroxylation sites is 2. The minimum absolute atomic E-state index is 0.245. The zero-order chi connectivity index (χ0) is 16.5. The lowest BCUT2D eigenvalue weighted by Crippen LogP contribution is -2.01. The van der Waals surface area contributed by atoms with Crippen molar-refractivity contribution in [1.82, 2.24) is 0 Å². The average molecular weight is 332 g/mol. The van der Waals surface area contributed by atoms with Gasteiger partial charge >= 0.3 is 0 Å². The zero-order valence-corrected chi connectivity index (χ0v) is 14.0. The van der Waals surface area contributed by atoms with E-state index in [1.165, 1.54) is 0 Å². The molecule has 0 spiro atoms. The van der Waals surface area contributed by atoms with Gasteiger partial charge in [0.2, 0.25) is 0 Å². The molecule has 3 nitrogen and oxygen atoms in total. The summed E-state index contributed by atoms with van der Waals surface area (Å²) in [7, 11) is 0. The highest BCUT2D eigenvalue weighted by Gasteiger charge is 2.16. The maximum atomic E-state index is 10.4. The predicted molar refractivity (Wildman–Crippen MR) is 101 cm³/mol. The van der Waals surface area contributed by atoms with E-state index >= 15 is 0 Å². The molecule has 4 heteroatoms. The third kappa shape index (κ3) is 2.72. The Labute approximate surface area is 144 Å². The van der Waals surface area contributed by atoms with Gasteiger partial charge in [-0.15, -0.1) is 11.3 Å². The van der Waals surface area contributed by atoms with E-state index < -0.39 is 0 Å². The predicted octanol–water partition coefficient (Wildman–Crippen LogP) is 5.35. The summed E-state index contributed by atoms with van der Waals surface area (Å²) in [5.41, 5.74) is 5.29. The Hall–Kier alpha value is -2.85. The number of anilines is 1. The first-order chi connectivity index (χ1) is 11.7. The molecule has 0 fully saturated rings. The molecule has 0 saturated heterocycles. The van der Waals surface area contributed by atoms with Gasteiger partial charge in [-0.1, -0.05) is 24.3 Å². The number of rotatable bonds is 2. The molecule has 118 valence electrons. The number of phenolic OH excluding ortho intramolecular Hbond substituents is 1. The number of allylic oxidation sites excluding steroid dienone is 1. The van der Waals surface area contributed by atoms with Crippen LogP contribution in [0.2, 0.25) is 0 Å². The normalized spacial score (nSPS) is 13.4. The summed E-state index contributed by atoms with van der Waals surface area (Å²) in [6.07, 6.45) is 2.00. The van der Waals surface area contributed by atoms with Crippen LogP contribution in [-0.2, 0) is 0 Å². The number of hydrogen-bond donors (Lipinski definition) is 2. The van der Waals surface area contributed by atoms with E-state index in [4.69, 9.17) is 4.99 Å². The van der Waals surface area contributed by atoms with Crippen LogP contribution >= 0.6 is 11.3 Å². The SMILES string of the molecule is Cc1ccc(C2=Nc3ccccc3NC(c3cccs3)=C2)c(O)c1. The molecule has 1 aliphatic heterocycles. The largest absolute Gasteiger partial charge is 0.507 e. The molecule has 0 amide bonds. The molecular formula is C20H16N2OS. The van der Waals surface area contributed by atoms with Gasteiger partial charge in [-0.25, -0.2) is 4.99 Å². The van der Waals surface area contributed by atoms with Gasteiger partial charge in [0.25, 0.3) is 0 Å². The fourth-order valence-electron chi connectivity index (χ4n) is 2.72. The number of nitrogens with one attached hydrogen (secondary N) is 1. The van der Waals surface area contributed by atoms with Crippen molar-refractivity contribution in [3.8, 4) is 5.75 Å². The molecule has 0 bridgehead atoms. The van der Waals surface area contributed by atoms with E-state index in [2.05, 4.69) is 16.8 Å². The number of aryl methyl sites for hydroxylation is 1. The maximum absolute atomic E-state index is 10.4. The second kappa shape index (κ2) is 5.98. The highest BCUT2D eigenvalue weighted by molar-refractivity contribution is 7.11. The summed E-state index contributed by atoms with van der Waals surface area (Å²) in [4.78, 5) is 5.91. The van der Waals surface area contributed by atoms with Crippen LogP contribution in [0.1, 0.15) is 16.0 Å². The fourth-order valence-corrected chi connectivity index (χ4v) is 3.42. The quantitative estimate of drug-likeness (QED) is 0.664. The molecule has 4 rings (SSSR count). The highest BCUT2D eigenvalue weighted by Crippen LogP contribution is 2.34. The van der Waals surface area contributed by atoms with Crippen LogP contribution in [0.4, 0.5) is 11.4 Å². The van der Waals surface area contributed by atoms with Crippen molar-refractivity contribution in [2.24, 2.45) is 4.99 Å². The van der Waals surface area contributed by atoms with Crippen molar-refractivity contribution in [2.45, 2.75) is 6.92 Å². The molecular weight excluding hydrogens is 316 g/mol. The number of aliphatic imine (C=N–C) groups is 1. The minimum atomic E-state index is 0.245. The Morgan fingerprint density at radius 1 is 1.04 bits per heavy atom. The first kappa shape index (κ1) is 14.7. The zero-order valence-electron chi connectivity index (χ0n) is 13.2. The summed E-state index contributed by atoms with van der Waals surface area (Å²) < 4.78 is 0. The van der Waals surface area contributed by atoms with E-state index in [0.29, 0.717) is 0 Å². The van der Waals surface area contributed by atoms with Crippen molar-refractivity contribution in [3.63, 3.8) is 0 Å². The lowest BCUT2D eigenvalue weighted by atomic mass is 10.1. The van der Waals surface area contributed by atoms with Crippen LogP contribution in [0.3, 0.4) is 0 Å². The van der Waals surface area contributed by atoms with Gasteiger partial charge in [0.15, 0.2) is 0 Å². The van der Waals surface area contributed by atoms with Crippen molar-refractivity contribution < 1.29 is 5.11 Å². The summed E-state index contributed by atoms with van der Waals surface area (Å²) >= 11 is 1.67. The minimum Gasteiger partial charge on any atom is -0.507 e. The summed E-state index contributed by atoms with van der Waals surface area (Å²) in [6.45, 7) is 1.96. The number of aromatic hydroxyl groups is 1. The van der Waals surface area contributed by atoms with Crippen LogP contribution in [0, 0.1) is 6.92 Å². The van der Waals surface area contributed by atoms with Crippen molar-refractivity contribution >= 4 is 34.1 Å². The van der Waals surface area contributed by atoms with Gasteiger partial charge in [-0.2, -0.15) is 0 Å². The molecule has 0 unspecified atom stereocenters. The molecule has 0 saturated carbocycles. The van der Waals surface area contributed by atoms with Crippen LogP contribution in [0.25, 0.3) is 5.70 Å². The molecule has 0 aliphatic carbocycles. The second-order valence-corrected chi connectivity index (χ2v) is 6.64. The number of benzene rings is 2. The van der Waals surface area contributed by atoms with Gasteiger partial charge in [0.05, 0.1) is 27.7 Å². The third-order valence-electron chi connectivity index (χ3n) is 3.91. The lowest BCUT2D eigenvalue weighted by molar-refractivity contribution is 0.474. The van der Waals surface area contributed by atoms with E-state index in [-0.39, 0.29) is 5.75 Å². The fraction of sp³-hybridized carbons (Fsp3) is 0.0500. The number of thiophene rings is 1. The van der Waals surface area contributed by atoms with Crippen LogP contribution in [-0.4, -0.2) is 10.8 Å². The number of fused-ring (bicyclic) bond motifs is 1. The molecule has 1 aromatic heterocycles. The Balaban J connectivity index is 1.91. The Kier molecular flexibility index (Phi) is 3.67. The Morgan fingerprint density at radius 2 is 1.92 bits per heavy atom. The number of nitrogens with zero attached hydrogens (tertiary/aromatic N) is 1. The smallest absolute Gasteiger partial charge is 0.125 e.